The Morgan fingerprint density at radius 2 is 1.89 bits per heavy atom. The molecule has 5 rings (SSSR count). The smallest absolute Gasteiger partial charge is 0.229 e. The Morgan fingerprint density at radius 1 is 1.00 bits per heavy atom. The molecular formula is C23H25N5. The molecule has 1 aliphatic carbocycles. The Morgan fingerprint density at radius 3 is 2.75 bits per heavy atom. The van der Waals surface area contributed by atoms with E-state index in [4.69, 9.17) is 9.97 Å². The van der Waals surface area contributed by atoms with Gasteiger partial charge in [0.05, 0.1) is 5.69 Å². The van der Waals surface area contributed by atoms with Gasteiger partial charge in [0.1, 0.15) is 5.82 Å². The van der Waals surface area contributed by atoms with Crippen LogP contribution < -0.4 is 16.0 Å². The molecule has 1 atom stereocenters. The zero-order valence-electron chi connectivity index (χ0n) is 16.1. The van der Waals surface area contributed by atoms with Gasteiger partial charge in [0, 0.05) is 30.8 Å². The minimum atomic E-state index is 0.335. The van der Waals surface area contributed by atoms with Gasteiger partial charge in [0.15, 0.2) is 0 Å². The van der Waals surface area contributed by atoms with E-state index in [1.165, 1.54) is 22.3 Å². The van der Waals surface area contributed by atoms with E-state index in [1.54, 1.807) is 0 Å². The summed E-state index contributed by atoms with van der Waals surface area (Å²) in [6.45, 7) is 1.99. The topological polar surface area (TPSA) is 61.9 Å². The fourth-order valence-corrected chi connectivity index (χ4v) is 4.42. The van der Waals surface area contributed by atoms with Crippen molar-refractivity contribution in [3.05, 3.63) is 76.5 Å². The van der Waals surface area contributed by atoms with E-state index in [0.717, 1.165) is 49.6 Å². The number of nitrogens with one attached hydrogen (secondary N) is 3. The van der Waals surface area contributed by atoms with Crippen molar-refractivity contribution in [2.75, 3.05) is 24.2 Å². The van der Waals surface area contributed by atoms with E-state index in [-0.39, 0.29) is 0 Å². The molecule has 0 spiro atoms. The summed E-state index contributed by atoms with van der Waals surface area (Å²) in [5.74, 6) is 1.94. The lowest BCUT2D eigenvalue weighted by molar-refractivity contribution is 0.644. The molecule has 142 valence electrons. The summed E-state index contributed by atoms with van der Waals surface area (Å²) in [6.07, 6.45) is 3.16. The zero-order chi connectivity index (χ0) is 18.9. The van der Waals surface area contributed by atoms with Crippen LogP contribution in [-0.4, -0.2) is 23.6 Å². The number of anilines is 3. The molecule has 0 amide bonds. The number of nitrogens with zero attached hydrogens (tertiary/aromatic N) is 2. The molecule has 0 fully saturated rings. The van der Waals surface area contributed by atoms with Gasteiger partial charge in [0.2, 0.25) is 5.95 Å². The molecule has 2 aliphatic rings. The van der Waals surface area contributed by atoms with Crippen molar-refractivity contribution in [3.63, 3.8) is 0 Å². The zero-order valence-corrected chi connectivity index (χ0v) is 16.1. The Balaban J connectivity index is 1.49. The first kappa shape index (κ1) is 17.2. The van der Waals surface area contributed by atoms with Gasteiger partial charge in [-0.2, -0.15) is 4.98 Å². The van der Waals surface area contributed by atoms with Gasteiger partial charge in [-0.25, -0.2) is 4.98 Å². The fraction of sp³-hybridized carbons (Fsp3) is 0.304. The highest BCUT2D eigenvalue weighted by molar-refractivity contribution is 5.61. The SMILES string of the molecule is CNc1nc(Nc2ccc3c(c2)CCNC3)nc2c1CCC2c1ccccc1. The summed E-state index contributed by atoms with van der Waals surface area (Å²) >= 11 is 0. The maximum Gasteiger partial charge on any atom is 0.229 e. The molecule has 1 aliphatic heterocycles. The molecule has 0 saturated heterocycles. The van der Waals surface area contributed by atoms with Crippen LogP contribution in [0.3, 0.4) is 0 Å². The van der Waals surface area contributed by atoms with E-state index in [1.807, 2.05) is 7.05 Å². The van der Waals surface area contributed by atoms with Gasteiger partial charge in [0.25, 0.3) is 0 Å². The predicted octanol–water partition coefficient (Wildman–Crippen LogP) is 3.99. The number of fused-ring (bicyclic) bond motifs is 2. The first-order valence-electron chi connectivity index (χ1n) is 10.0. The molecule has 1 unspecified atom stereocenters. The summed E-state index contributed by atoms with van der Waals surface area (Å²) in [4.78, 5) is 9.71. The maximum absolute atomic E-state index is 4.95. The summed E-state index contributed by atoms with van der Waals surface area (Å²) in [6, 6.07) is 17.2. The molecule has 2 aromatic carbocycles. The Kier molecular flexibility index (Phi) is 4.45. The number of hydrogen-bond acceptors (Lipinski definition) is 5. The second kappa shape index (κ2) is 7.24. The largest absolute Gasteiger partial charge is 0.373 e. The lowest BCUT2D eigenvalue weighted by atomic mass is 9.97. The Hall–Kier alpha value is -2.92. The van der Waals surface area contributed by atoms with Crippen molar-refractivity contribution in [3.8, 4) is 0 Å². The molecule has 0 radical (unpaired) electrons. The summed E-state index contributed by atoms with van der Waals surface area (Å²) < 4.78 is 0. The molecule has 0 bridgehead atoms. The van der Waals surface area contributed by atoms with Gasteiger partial charge in [-0.3, -0.25) is 0 Å². The third-order valence-electron chi connectivity index (χ3n) is 5.84. The minimum absolute atomic E-state index is 0.335. The van der Waals surface area contributed by atoms with Gasteiger partial charge >= 0.3 is 0 Å². The van der Waals surface area contributed by atoms with E-state index < -0.39 is 0 Å². The fourth-order valence-electron chi connectivity index (χ4n) is 4.42. The predicted molar refractivity (Wildman–Crippen MR) is 113 cm³/mol. The second-order valence-corrected chi connectivity index (χ2v) is 7.55. The van der Waals surface area contributed by atoms with Crippen LogP contribution in [0.25, 0.3) is 0 Å². The lowest BCUT2D eigenvalue weighted by Crippen LogP contribution is -2.23. The Labute approximate surface area is 165 Å². The van der Waals surface area contributed by atoms with Crippen molar-refractivity contribution >= 4 is 17.5 Å². The van der Waals surface area contributed by atoms with Crippen LogP contribution in [0.15, 0.2) is 48.5 Å². The van der Waals surface area contributed by atoms with Crippen LogP contribution in [-0.2, 0) is 19.4 Å². The monoisotopic (exact) mass is 371 g/mol. The second-order valence-electron chi connectivity index (χ2n) is 7.55. The van der Waals surface area contributed by atoms with Crippen LogP contribution in [0, 0.1) is 0 Å². The first-order chi connectivity index (χ1) is 13.8. The van der Waals surface area contributed by atoms with E-state index >= 15 is 0 Å². The van der Waals surface area contributed by atoms with Crippen molar-refractivity contribution in [1.82, 2.24) is 15.3 Å². The van der Waals surface area contributed by atoms with Crippen LogP contribution in [0.1, 0.15) is 40.3 Å². The van der Waals surface area contributed by atoms with E-state index in [9.17, 15) is 0 Å². The number of benzene rings is 2. The molecular weight excluding hydrogens is 346 g/mol. The third kappa shape index (κ3) is 3.12. The van der Waals surface area contributed by atoms with Gasteiger partial charge in [-0.1, -0.05) is 36.4 Å². The average molecular weight is 371 g/mol. The summed E-state index contributed by atoms with van der Waals surface area (Å²) in [7, 11) is 1.94. The quantitative estimate of drug-likeness (QED) is 0.647. The summed E-state index contributed by atoms with van der Waals surface area (Å²) in [5.41, 5.74) is 7.56. The standard InChI is InChI=1S/C23H25N5/c1-24-22-20-10-9-19(15-5-3-2-4-6-15)21(20)27-23(28-22)26-18-8-7-17-14-25-12-11-16(17)13-18/h2-8,13,19,25H,9-12,14H2,1H3,(H2,24,26,27,28). The van der Waals surface area contributed by atoms with Crippen molar-refractivity contribution in [2.45, 2.75) is 31.7 Å². The molecule has 1 aromatic heterocycles. The lowest BCUT2D eigenvalue weighted by Gasteiger charge is -2.19. The van der Waals surface area contributed by atoms with Gasteiger partial charge in [-0.15, -0.1) is 0 Å². The van der Waals surface area contributed by atoms with E-state index in [2.05, 4.69) is 64.5 Å². The third-order valence-corrected chi connectivity index (χ3v) is 5.84. The molecule has 5 heteroatoms. The van der Waals surface area contributed by atoms with E-state index in [0.29, 0.717) is 11.9 Å². The molecule has 28 heavy (non-hydrogen) atoms. The molecule has 2 heterocycles. The minimum Gasteiger partial charge on any atom is -0.373 e. The van der Waals surface area contributed by atoms with Crippen LogP contribution in [0.4, 0.5) is 17.5 Å². The molecule has 5 nitrogen and oxygen atoms in total. The van der Waals surface area contributed by atoms with Gasteiger partial charge in [-0.05, 0) is 54.6 Å². The highest BCUT2D eigenvalue weighted by Gasteiger charge is 2.29. The molecule has 3 aromatic rings. The highest BCUT2D eigenvalue weighted by Crippen LogP contribution is 2.40. The summed E-state index contributed by atoms with van der Waals surface area (Å²) in [5, 5.41) is 10.1. The van der Waals surface area contributed by atoms with Crippen molar-refractivity contribution in [2.24, 2.45) is 0 Å². The number of hydrogen-bond donors (Lipinski definition) is 3. The first-order valence-corrected chi connectivity index (χ1v) is 10.0. The average Bonchev–Trinajstić information content (AvgIpc) is 3.18. The normalized spacial score (nSPS) is 17.7. The molecule has 3 N–H and O–H groups in total. The highest BCUT2D eigenvalue weighted by atomic mass is 15.1. The van der Waals surface area contributed by atoms with Crippen LogP contribution in [0.2, 0.25) is 0 Å². The number of rotatable bonds is 4. The maximum atomic E-state index is 4.95. The van der Waals surface area contributed by atoms with Crippen molar-refractivity contribution in [1.29, 1.82) is 0 Å². The number of aromatic nitrogens is 2. The molecule has 0 saturated carbocycles. The van der Waals surface area contributed by atoms with Gasteiger partial charge < -0.3 is 16.0 Å². The van der Waals surface area contributed by atoms with Crippen LogP contribution >= 0.6 is 0 Å². The van der Waals surface area contributed by atoms with Crippen LogP contribution in [0.5, 0.6) is 0 Å². The van der Waals surface area contributed by atoms with Crippen molar-refractivity contribution < 1.29 is 0 Å². The Bertz CT molecular complexity index is 999.